The van der Waals surface area contributed by atoms with Gasteiger partial charge in [-0.15, -0.1) is 0 Å². The van der Waals surface area contributed by atoms with Gasteiger partial charge in [0.25, 0.3) is 0 Å². The molecule has 0 aliphatic carbocycles. The van der Waals surface area contributed by atoms with E-state index in [-0.39, 0.29) is 0 Å². The molecule has 5 heteroatoms. The summed E-state index contributed by atoms with van der Waals surface area (Å²) < 4.78 is 15.4. The zero-order valence-corrected chi connectivity index (χ0v) is 10.3. The Bertz CT molecular complexity index is 388. The summed E-state index contributed by atoms with van der Waals surface area (Å²) in [5.41, 5.74) is 0.503. The molecule has 0 fully saturated rings. The lowest BCUT2D eigenvalue weighted by Crippen LogP contribution is -2.10. The fourth-order valence-corrected chi connectivity index (χ4v) is 1.58. The molecule has 1 atom stereocenters. The van der Waals surface area contributed by atoms with Crippen molar-refractivity contribution in [2.24, 2.45) is 0 Å². The first-order valence-corrected chi connectivity index (χ1v) is 5.07. The van der Waals surface area contributed by atoms with E-state index in [1.165, 1.54) is 21.3 Å². The Balaban J connectivity index is 3.39. The van der Waals surface area contributed by atoms with Crippen LogP contribution in [0.4, 0.5) is 0 Å². The summed E-state index contributed by atoms with van der Waals surface area (Å²) in [7, 11) is 4.48. The van der Waals surface area contributed by atoms with Gasteiger partial charge in [0.15, 0.2) is 0 Å². The third kappa shape index (κ3) is 2.61. The van der Waals surface area contributed by atoms with Crippen LogP contribution in [-0.4, -0.2) is 32.4 Å². The molecule has 0 radical (unpaired) electrons. The van der Waals surface area contributed by atoms with Crippen LogP contribution in [0.25, 0.3) is 0 Å². The van der Waals surface area contributed by atoms with Crippen LogP contribution >= 0.6 is 0 Å². The van der Waals surface area contributed by atoms with Gasteiger partial charge >= 0.3 is 5.97 Å². The molecule has 0 heterocycles. The topological polar surface area (TPSA) is 65.0 Å². The summed E-state index contributed by atoms with van der Waals surface area (Å²) in [4.78, 5) is 11.0. The Morgan fingerprint density at radius 3 is 1.88 bits per heavy atom. The fourth-order valence-electron chi connectivity index (χ4n) is 1.58. The molecule has 1 aromatic rings. The van der Waals surface area contributed by atoms with Crippen LogP contribution in [-0.2, 0) is 4.79 Å². The minimum absolute atomic E-state index is 0.441. The largest absolute Gasteiger partial charge is 0.496 e. The van der Waals surface area contributed by atoms with E-state index in [4.69, 9.17) is 19.3 Å². The van der Waals surface area contributed by atoms with Gasteiger partial charge in [0.1, 0.15) is 17.2 Å². The van der Waals surface area contributed by atoms with E-state index >= 15 is 0 Å². The molecular weight excluding hydrogens is 224 g/mol. The van der Waals surface area contributed by atoms with Gasteiger partial charge in [-0.25, -0.2) is 0 Å². The predicted octanol–water partition coefficient (Wildman–Crippen LogP) is 1.90. The molecule has 1 unspecified atom stereocenters. The minimum Gasteiger partial charge on any atom is -0.496 e. The van der Waals surface area contributed by atoms with Gasteiger partial charge in [0.05, 0.1) is 32.8 Å². The Morgan fingerprint density at radius 2 is 1.59 bits per heavy atom. The van der Waals surface area contributed by atoms with Gasteiger partial charge in [-0.1, -0.05) is 0 Å². The lowest BCUT2D eigenvalue weighted by atomic mass is 9.98. The molecule has 1 aromatic carbocycles. The van der Waals surface area contributed by atoms with E-state index < -0.39 is 11.9 Å². The molecule has 1 N–H and O–H groups in total. The molecule has 0 aliphatic heterocycles. The second kappa shape index (κ2) is 5.43. The molecule has 0 saturated carbocycles. The summed E-state index contributed by atoms with van der Waals surface area (Å²) in [6.07, 6.45) is 0. The molecule has 5 nitrogen and oxygen atoms in total. The molecular formula is C12H16O5. The highest BCUT2D eigenvalue weighted by atomic mass is 16.5. The maximum Gasteiger partial charge on any atom is 0.310 e. The van der Waals surface area contributed by atoms with Crippen LogP contribution in [0.5, 0.6) is 17.2 Å². The number of carboxylic acids is 1. The van der Waals surface area contributed by atoms with Crippen molar-refractivity contribution >= 4 is 5.97 Å². The van der Waals surface area contributed by atoms with Gasteiger partial charge in [-0.05, 0) is 6.92 Å². The molecule has 0 aromatic heterocycles. The lowest BCUT2D eigenvalue weighted by Gasteiger charge is -2.17. The van der Waals surface area contributed by atoms with Crippen molar-refractivity contribution in [3.63, 3.8) is 0 Å². The number of benzene rings is 1. The average molecular weight is 240 g/mol. The monoisotopic (exact) mass is 240 g/mol. The quantitative estimate of drug-likeness (QED) is 0.851. The minimum atomic E-state index is -0.938. The lowest BCUT2D eigenvalue weighted by molar-refractivity contribution is -0.138. The number of methoxy groups -OCH3 is 3. The fraction of sp³-hybridized carbons (Fsp3) is 0.417. The Labute approximate surface area is 99.9 Å². The third-order valence-electron chi connectivity index (χ3n) is 2.56. The Hall–Kier alpha value is -1.91. The Kier molecular flexibility index (Phi) is 4.20. The van der Waals surface area contributed by atoms with E-state index in [1.54, 1.807) is 19.1 Å². The van der Waals surface area contributed by atoms with E-state index in [1.807, 2.05) is 0 Å². The second-order valence-corrected chi connectivity index (χ2v) is 3.51. The smallest absolute Gasteiger partial charge is 0.310 e. The molecule has 94 valence electrons. The second-order valence-electron chi connectivity index (χ2n) is 3.51. The van der Waals surface area contributed by atoms with Crippen LogP contribution in [0.15, 0.2) is 12.1 Å². The van der Waals surface area contributed by atoms with E-state index in [9.17, 15) is 4.79 Å². The zero-order valence-electron chi connectivity index (χ0n) is 10.3. The number of aliphatic carboxylic acids is 1. The first-order chi connectivity index (χ1) is 8.04. The zero-order chi connectivity index (χ0) is 13.0. The number of carboxylic acid groups (broad SMARTS) is 1. The molecule has 1 rings (SSSR count). The number of carbonyl (C=O) groups is 1. The number of ether oxygens (including phenoxy) is 3. The SMILES string of the molecule is COc1cc(OC)c(C(C)C(=O)O)c(OC)c1. The third-order valence-corrected chi connectivity index (χ3v) is 2.56. The molecule has 0 amide bonds. The first kappa shape index (κ1) is 13.2. The highest BCUT2D eigenvalue weighted by molar-refractivity contribution is 5.78. The Morgan fingerprint density at radius 1 is 1.12 bits per heavy atom. The first-order valence-electron chi connectivity index (χ1n) is 5.07. The van der Waals surface area contributed by atoms with Crippen LogP contribution in [0, 0.1) is 0 Å². The number of hydrogen-bond acceptors (Lipinski definition) is 4. The summed E-state index contributed by atoms with van der Waals surface area (Å²) in [5.74, 6) is -0.218. The van der Waals surface area contributed by atoms with Crippen molar-refractivity contribution in [2.45, 2.75) is 12.8 Å². The van der Waals surface area contributed by atoms with Crippen LogP contribution < -0.4 is 14.2 Å². The summed E-state index contributed by atoms with van der Waals surface area (Å²) in [6, 6.07) is 3.27. The molecule has 0 spiro atoms. The average Bonchev–Trinajstić information content (AvgIpc) is 2.35. The van der Waals surface area contributed by atoms with Gasteiger partial charge < -0.3 is 19.3 Å². The van der Waals surface area contributed by atoms with E-state index in [2.05, 4.69) is 0 Å². The molecule has 0 bridgehead atoms. The van der Waals surface area contributed by atoms with Crippen molar-refractivity contribution in [2.75, 3.05) is 21.3 Å². The van der Waals surface area contributed by atoms with Crippen molar-refractivity contribution < 1.29 is 24.1 Å². The summed E-state index contributed by atoms with van der Waals surface area (Å²) >= 11 is 0. The van der Waals surface area contributed by atoms with Crippen molar-refractivity contribution in [1.29, 1.82) is 0 Å². The number of rotatable bonds is 5. The van der Waals surface area contributed by atoms with Gasteiger partial charge in [-0.2, -0.15) is 0 Å². The van der Waals surface area contributed by atoms with Crippen molar-refractivity contribution in [3.05, 3.63) is 17.7 Å². The summed E-state index contributed by atoms with van der Waals surface area (Å²) in [6.45, 7) is 1.58. The van der Waals surface area contributed by atoms with Crippen molar-refractivity contribution in [3.8, 4) is 17.2 Å². The molecule has 17 heavy (non-hydrogen) atoms. The van der Waals surface area contributed by atoms with Crippen LogP contribution in [0.2, 0.25) is 0 Å². The maximum absolute atomic E-state index is 11.0. The van der Waals surface area contributed by atoms with Crippen LogP contribution in [0.1, 0.15) is 18.4 Å². The summed E-state index contributed by atoms with van der Waals surface area (Å²) in [5, 5.41) is 9.06. The normalized spacial score (nSPS) is 11.8. The van der Waals surface area contributed by atoms with E-state index in [0.29, 0.717) is 22.8 Å². The van der Waals surface area contributed by atoms with Gasteiger partial charge in [-0.3, -0.25) is 4.79 Å². The number of hydrogen-bond donors (Lipinski definition) is 1. The molecule has 0 saturated heterocycles. The maximum atomic E-state index is 11.0. The highest BCUT2D eigenvalue weighted by Gasteiger charge is 2.24. The molecule has 0 aliphatic rings. The van der Waals surface area contributed by atoms with Gasteiger partial charge in [0, 0.05) is 12.1 Å². The van der Waals surface area contributed by atoms with E-state index in [0.717, 1.165) is 0 Å². The standard InChI is InChI=1S/C12H16O5/c1-7(12(13)14)11-9(16-3)5-8(15-2)6-10(11)17-4/h5-7H,1-4H3,(H,13,14). The van der Waals surface area contributed by atoms with Gasteiger partial charge in [0.2, 0.25) is 0 Å². The predicted molar refractivity (Wildman–Crippen MR) is 62.1 cm³/mol. The van der Waals surface area contributed by atoms with Crippen molar-refractivity contribution in [1.82, 2.24) is 0 Å². The van der Waals surface area contributed by atoms with Crippen LogP contribution in [0.3, 0.4) is 0 Å². The highest BCUT2D eigenvalue weighted by Crippen LogP contribution is 2.39.